The lowest BCUT2D eigenvalue weighted by atomic mass is 9.92. The Labute approximate surface area is 84.6 Å². The molecule has 0 unspecified atom stereocenters. The van der Waals surface area contributed by atoms with E-state index in [9.17, 15) is 9.90 Å². The maximum atomic E-state index is 10.5. The predicted octanol–water partition coefficient (Wildman–Crippen LogP) is 1.49. The molecule has 0 aliphatic heterocycles. The average Bonchev–Trinajstić information content (AvgIpc) is 2.16. The van der Waals surface area contributed by atoms with E-state index >= 15 is 0 Å². The van der Waals surface area contributed by atoms with Crippen molar-refractivity contribution in [1.29, 1.82) is 0 Å². The highest BCUT2D eigenvalue weighted by Gasteiger charge is 2.07. The molecule has 0 saturated heterocycles. The molecule has 2 heteroatoms. The second-order valence-corrected chi connectivity index (χ2v) is 3.56. The van der Waals surface area contributed by atoms with Gasteiger partial charge in [0.2, 0.25) is 0 Å². The first kappa shape index (κ1) is 10.8. The molecule has 0 spiro atoms. The molecule has 0 bridgehead atoms. The van der Waals surface area contributed by atoms with Crippen LogP contribution in [0.5, 0.6) is 0 Å². The zero-order valence-corrected chi connectivity index (χ0v) is 8.62. The molecule has 1 atom stereocenters. The Morgan fingerprint density at radius 1 is 1.43 bits per heavy atom. The molecule has 0 amide bonds. The first-order chi connectivity index (χ1) is 6.65. The van der Waals surface area contributed by atoms with E-state index in [-0.39, 0.29) is 6.42 Å². The lowest BCUT2D eigenvalue weighted by Gasteiger charge is -2.14. The van der Waals surface area contributed by atoms with Crippen molar-refractivity contribution in [3.8, 4) is 0 Å². The standard InChI is InChI=1S/C12H16O2/c1-3-9(2)11-7-5-4-6-10(11)8-12(13)14/h4-7,9H,3,8H2,1-2H3,(H,13,14)/p-1/t9-/m1/s1. The van der Waals surface area contributed by atoms with Crippen LogP contribution in [0.4, 0.5) is 0 Å². The van der Waals surface area contributed by atoms with E-state index in [1.807, 2.05) is 24.3 Å². The van der Waals surface area contributed by atoms with Gasteiger partial charge in [0.25, 0.3) is 0 Å². The minimum absolute atomic E-state index is 0.0144. The Balaban J connectivity index is 2.96. The largest absolute Gasteiger partial charge is 0.550 e. The van der Waals surface area contributed by atoms with Crippen LogP contribution < -0.4 is 5.11 Å². The summed E-state index contributed by atoms with van der Waals surface area (Å²) in [4.78, 5) is 10.5. The molecular formula is C12H15O2-. The van der Waals surface area contributed by atoms with Crippen molar-refractivity contribution >= 4 is 5.97 Å². The van der Waals surface area contributed by atoms with Crippen LogP contribution in [-0.4, -0.2) is 5.97 Å². The predicted molar refractivity (Wildman–Crippen MR) is 53.9 cm³/mol. The molecule has 1 aromatic carbocycles. The smallest absolute Gasteiger partial charge is 0.0458 e. The van der Waals surface area contributed by atoms with Gasteiger partial charge in [0.05, 0.1) is 0 Å². The highest BCUT2D eigenvalue weighted by Crippen LogP contribution is 2.22. The van der Waals surface area contributed by atoms with Crippen molar-refractivity contribution in [2.75, 3.05) is 0 Å². The zero-order chi connectivity index (χ0) is 10.6. The first-order valence-corrected chi connectivity index (χ1v) is 4.92. The molecule has 14 heavy (non-hydrogen) atoms. The third-order valence-corrected chi connectivity index (χ3v) is 2.53. The molecule has 0 aliphatic rings. The van der Waals surface area contributed by atoms with Crippen LogP contribution in [0.15, 0.2) is 24.3 Å². The zero-order valence-electron chi connectivity index (χ0n) is 8.62. The fourth-order valence-corrected chi connectivity index (χ4v) is 1.55. The normalized spacial score (nSPS) is 12.4. The molecule has 0 radical (unpaired) electrons. The third-order valence-electron chi connectivity index (χ3n) is 2.53. The van der Waals surface area contributed by atoms with Crippen LogP contribution in [0.1, 0.15) is 37.3 Å². The Kier molecular flexibility index (Phi) is 3.69. The average molecular weight is 191 g/mol. The van der Waals surface area contributed by atoms with Crippen LogP contribution in [0, 0.1) is 0 Å². The van der Waals surface area contributed by atoms with E-state index in [1.165, 1.54) is 0 Å². The number of hydrogen-bond acceptors (Lipinski definition) is 2. The Morgan fingerprint density at radius 3 is 2.64 bits per heavy atom. The van der Waals surface area contributed by atoms with Crippen molar-refractivity contribution in [3.63, 3.8) is 0 Å². The second-order valence-electron chi connectivity index (χ2n) is 3.56. The first-order valence-electron chi connectivity index (χ1n) is 4.92. The lowest BCUT2D eigenvalue weighted by Crippen LogP contribution is -2.25. The summed E-state index contributed by atoms with van der Waals surface area (Å²) >= 11 is 0. The summed E-state index contributed by atoms with van der Waals surface area (Å²) in [6.45, 7) is 4.20. The molecule has 0 saturated carbocycles. The van der Waals surface area contributed by atoms with E-state index in [4.69, 9.17) is 0 Å². The summed E-state index contributed by atoms with van der Waals surface area (Å²) < 4.78 is 0. The number of hydrogen-bond donors (Lipinski definition) is 0. The van der Waals surface area contributed by atoms with Gasteiger partial charge in [-0.15, -0.1) is 0 Å². The van der Waals surface area contributed by atoms with Gasteiger partial charge >= 0.3 is 0 Å². The number of benzene rings is 1. The van der Waals surface area contributed by atoms with Gasteiger partial charge in [-0.1, -0.05) is 38.1 Å². The topological polar surface area (TPSA) is 40.1 Å². The van der Waals surface area contributed by atoms with E-state index < -0.39 is 5.97 Å². The SMILES string of the molecule is CC[C@@H](C)c1ccccc1CC(=O)[O-]. The molecule has 0 fully saturated rings. The van der Waals surface area contributed by atoms with Gasteiger partial charge in [-0.05, 0) is 23.5 Å². The highest BCUT2D eigenvalue weighted by molar-refractivity contribution is 5.68. The molecule has 1 rings (SSSR count). The van der Waals surface area contributed by atoms with Crippen molar-refractivity contribution in [2.24, 2.45) is 0 Å². The monoisotopic (exact) mass is 191 g/mol. The molecule has 0 aliphatic carbocycles. The molecule has 0 aromatic heterocycles. The maximum Gasteiger partial charge on any atom is 0.0458 e. The fraction of sp³-hybridized carbons (Fsp3) is 0.417. The summed E-state index contributed by atoms with van der Waals surface area (Å²) in [6, 6.07) is 7.66. The minimum Gasteiger partial charge on any atom is -0.550 e. The second kappa shape index (κ2) is 4.80. The number of carboxylic acids is 1. The molecular weight excluding hydrogens is 176 g/mol. The quantitative estimate of drug-likeness (QED) is 0.723. The number of aliphatic carboxylic acids is 1. The summed E-state index contributed by atoms with van der Waals surface area (Å²) in [7, 11) is 0. The van der Waals surface area contributed by atoms with Crippen molar-refractivity contribution in [1.82, 2.24) is 0 Å². The highest BCUT2D eigenvalue weighted by atomic mass is 16.4. The molecule has 1 aromatic rings. The summed E-state index contributed by atoms with van der Waals surface area (Å²) in [5.41, 5.74) is 2.00. The van der Waals surface area contributed by atoms with E-state index in [0.717, 1.165) is 17.5 Å². The van der Waals surface area contributed by atoms with E-state index in [1.54, 1.807) is 0 Å². The molecule has 76 valence electrons. The number of carbonyl (C=O) groups is 1. The molecule has 2 nitrogen and oxygen atoms in total. The lowest BCUT2D eigenvalue weighted by molar-refractivity contribution is -0.304. The number of rotatable bonds is 4. The van der Waals surface area contributed by atoms with Gasteiger partial charge in [-0.2, -0.15) is 0 Å². The Bertz CT molecular complexity index is 318. The van der Waals surface area contributed by atoms with E-state index in [2.05, 4.69) is 13.8 Å². The number of carboxylic acid groups (broad SMARTS) is 1. The van der Waals surface area contributed by atoms with Crippen molar-refractivity contribution < 1.29 is 9.90 Å². The summed E-state index contributed by atoms with van der Waals surface area (Å²) in [5, 5.41) is 10.5. The van der Waals surface area contributed by atoms with Crippen molar-refractivity contribution in [3.05, 3.63) is 35.4 Å². The Morgan fingerprint density at radius 2 is 2.07 bits per heavy atom. The van der Waals surface area contributed by atoms with Gasteiger partial charge < -0.3 is 9.90 Å². The summed E-state index contributed by atoms with van der Waals surface area (Å²) in [6.07, 6.45) is 1.03. The Hall–Kier alpha value is -1.31. The van der Waals surface area contributed by atoms with Gasteiger partial charge in [0.15, 0.2) is 0 Å². The number of carbonyl (C=O) groups excluding carboxylic acids is 1. The van der Waals surface area contributed by atoms with Gasteiger partial charge in [-0.3, -0.25) is 0 Å². The minimum atomic E-state index is -1.01. The third kappa shape index (κ3) is 2.59. The van der Waals surface area contributed by atoms with E-state index in [0.29, 0.717) is 5.92 Å². The molecule has 0 heterocycles. The van der Waals surface area contributed by atoms with Crippen LogP contribution in [-0.2, 0) is 11.2 Å². The van der Waals surface area contributed by atoms with Crippen LogP contribution in [0.3, 0.4) is 0 Å². The molecule has 0 N–H and O–H groups in total. The van der Waals surface area contributed by atoms with Gasteiger partial charge in [-0.25, -0.2) is 0 Å². The van der Waals surface area contributed by atoms with Gasteiger partial charge in [0, 0.05) is 12.4 Å². The maximum absolute atomic E-state index is 10.5. The summed E-state index contributed by atoms with van der Waals surface area (Å²) in [5.74, 6) is -0.605. The van der Waals surface area contributed by atoms with Crippen LogP contribution in [0.2, 0.25) is 0 Å². The van der Waals surface area contributed by atoms with Crippen LogP contribution >= 0.6 is 0 Å². The van der Waals surface area contributed by atoms with Crippen LogP contribution in [0.25, 0.3) is 0 Å². The fourth-order valence-electron chi connectivity index (χ4n) is 1.55. The van der Waals surface area contributed by atoms with Crippen molar-refractivity contribution in [2.45, 2.75) is 32.6 Å². The van der Waals surface area contributed by atoms with Gasteiger partial charge in [0.1, 0.15) is 0 Å².